The Morgan fingerprint density at radius 3 is 2.89 bits per heavy atom. The molecular weight excluding hydrogens is 347 g/mol. The number of nitrogens with zero attached hydrogens (tertiary/aromatic N) is 3. The minimum Gasteiger partial charge on any atom is -0.388 e. The van der Waals surface area contributed by atoms with Crippen molar-refractivity contribution in [2.24, 2.45) is 0 Å². The van der Waals surface area contributed by atoms with Crippen molar-refractivity contribution in [3.63, 3.8) is 0 Å². The standard InChI is InChI=1S/C11H11IN4O2/c1-13-11-3-2-10(16(17)18)4-8(11)6-15-7-9(12)5-14-15/h2-5,7,13H,6H2,1H3. The zero-order chi connectivity index (χ0) is 13.1. The van der Waals surface area contributed by atoms with Crippen molar-refractivity contribution < 1.29 is 4.92 Å². The van der Waals surface area contributed by atoms with Crippen LogP contribution in [0.1, 0.15) is 5.56 Å². The van der Waals surface area contributed by atoms with Crippen LogP contribution < -0.4 is 5.32 Å². The molecule has 94 valence electrons. The maximum Gasteiger partial charge on any atom is 0.269 e. The first-order valence-electron chi connectivity index (χ1n) is 5.23. The molecule has 1 aromatic carbocycles. The molecule has 0 saturated heterocycles. The van der Waals surface area contributed by atoms with Gasteiger partial charge < -0.3 is 5.32 Å². The van der Waals surface area contributed by atoms with E-state index in [0.717, 1.165) is 14.8 Å². The zero-order valence-corrected chi connectivity index (χ0v) is 11.8. The van der Waals surface area contributed by atoms with Gasteiger partial charge in [-0.3, -0.25) is 14.8 Å². The molecule has 1 heterocycles. The van der Waals surface area contributed by atoms with E-state index < -0.39 is 4.92 Å². The molecule has 0 aliphatic rings. The molecule has 0 unspecified atom stereocenters. The van der Waals surface area contributed by atoms with Gasteiger partial charge in [-0.25, -0.2) is 0 Å². The van der Waals surface area contributed by atoms with Crippen LogP contribution in [0.15, 0.2) is 30.6 Å². The fourth-order valence-corrected chi connectivity index (χ4v) is 2.11. The number of hydrogen-bond donors (Lipinski definition) is 1. The largest absolute Gasteiger partial charge is 0.388 e. The lowest BCUT2D eigenvalue weighted by Crippen LogP contribution is -2.04. The number of anilines is 1. The van der Waals surface area contributed by atoms with Crippen LogP contribution in [0, 0.1) is 13.7 Å². The van der Waals surface area contributed by atoms with Crippen LogP contribution in [-0.4, -0.2) is 21.8 Å². The molecule has 7 heteroatoms. The summed E-state index contributed by atoms with van der Waals surface area (Å²) in [5, 5.41) is 18.0. The summed E-state index contributed by atoms with van der Waals surface area (Å²) in [4.78, 5) is 10.4. The predicted octanol–water partition coefficient (Wildman–Crippen LogP) is 2.49. The Morgan fingerprint density at radius 2 is 2.33 bits per heavy atom. The molecule has 18 heavy (non-hydrogen) atoms. The number of hydrogen-bond acceptors (Lipinski definition) is 4. The molecule has 1 aromatic heterocycles. The second-order valence-corrected chi connectivity index (χ2v) is 4.95. The Labute approximate surface area is 117 Å². The topological polar surface area (TPSA) is 73.0 Å². The van der Waals surface area contributed by atoms with E-state index >= 15 is 0 Å². The quantitative estimate of drug-likeness (QED) is 0.518. The lowest BCUT2D eigenvalue weighted by atomic mass is 10.1. The highest BCUT2D eigenvalue weighted by Crippen LogP contribution is 2.22. The highest BCUT2D eigenvalue weighted by atomic mass is 127. The van der Waals surface area contributed by atoms with Crippen LogP contribution in [0.5, 0.6) is 0 Å². The first kappa shape index (κ1) is 12.8. The Hall–Kier alpha value is -1.64. The van der Waals surface area contributed by atoms with Crippen molar-refractivity contribution in [1.82, 2.24) is 9.78 Å². The molecule has 0 saturated carbocycles. The third-order valence-electron chi connectivity index (χ3n) is 2.50. The van der Waals surface area contributed by atoms with E-state index in [2.05, 4.69) is 33.0 Å². The van der Waals surface area contributed by atoms with Gasteiger partial charge in [0, 0.05) is 36.6 Å². The smallest absolute Gasteiger partial charge is 0.269 e. The van der Waals surface area contributed by atoms with Crippen LogP contribution in [0.2, 0.25) is 0 Å². The van der Waals surface area contributed by atoms with Crippen LogP contribution >= 0.6 is 22.6 Å². The summed E-state index contributed by atoms with van der Waals surface area (Å²) in [7, 11) is 1.79. The van der Waals surface area contributed by atoms with Gasteiger partial charge in [-0.2, -0.15) is 5.10 Å². The third-order valence-corrected chi connectivity index (χ3v) is 3.06. The van der Waals surface area contributed by atoms with Crippen molar-refractivity contribution in [2.75, 3.05) is 12.4 Å². The van der Waals surface area contributed by atoms with Crippen LogP contribution in [0.25, 0.3) is 0 Å². The molecule has 6 nitrogen and oxygen atoms in total. The summed E-state index contributed by atoms with van der Waals surface area (Å²) in [6, 6.07) is 4.77. The molecule has 0 fully saturated rings. The molecule has 1 N–H and O–H groups in total. The van der Waals surface area contributed by atoms with Gasteiger partial charge in [-0.1, -0.05) is 0 Å². The van der Waals surface area contributed by atoms with E-state index in [4.69, 9.17) is 0 Å². The summed E-state index contributed by atoms with van der Waals surface area (Å²) in [6.07, 6.45) is 3.63. The Balaban J connectivity index is 2.35. The SMILES string of the molecule is CNc1ccc([N+](=O)[O-])cc1Cn1cc(I)cn1. The first-order chi connectivity index (χ1) is 8.60. The maximum atomic E-state index is 10.8. The van der Waals surface area contributed by atoms with Crippen molar-refractivity contribution >= 4 is 34.0 Å². The summed E-state index contributed by atoms with van der Waals surface area (Å²) < 4.78 is 2.78. The zero-order valence-electron chi connectivity index (χ0n) is 9.63. The molecular formula is C11H11IN4O2. The van der Waals surface area contributed by atoms with Gasteiger partial charge in [0.2, 0.25) is 0 Å². The average Bonchev–Trinajstić information content (AvgIpc) is 2.74. The van der Waals surface area contributed by atoms with Crippen molar-refractivity contribution in [1.29, 1.82) is 0 Å². The summed E-state index contributed by atoms with van der Waals surface area (Å²) in [5.74, 6) is 0. The second-order valence-electron chi connectivity index (χ2n) is 3.70. The number of halogens is 1. The Bertz CT molecular complexity index is 582. The number of aromatic nitrogens is 2. The Kier molecular flexibility index (Phi) is 3.80. The van der Waals surface area contributed by atoms with Crippen LogP contribution in [0.3, 0.4) is 0 Å². The lowest BCUT2D eigenvalue weighted by molar-refractivity contribution is -0.384. The van der Waals surface area contributed by atoms with Gasteiger partial charge in [-0.05, 0) is 28.7 Å². The number of rotatable bonds is 4. The van der Waals surface area contributed by atoms with E-state index in [0.29, 0.717) is 6.54 Å². The first-order valence-corrected chi connectivity index (χ1v) is 6.31. The predicted molar refractivity (Wildman–Crippen MR) is 76.7 cm³/mol. The molecule has 0 spiro atoms. The highest BCUT2D eigenvalue weighted by molar-refractivity contribution is 14.1. The lowest BCUT2D eigenvalue weighted by Gasteiger charge is -2.08. The number of nitro benzene ring substituents is 1. The van der Waals surface area contributed by atoms with Crippen LogP contribution in [-0.2, 0) is 6.54 Å². The molecule has 0 radical (unpaired) electrons. The molecule has 0 aliphatic carbocycles. The van der Waals surface area contributed by atoms with Gasteiger partial charge >= 0.3 is 0 Å². The van der Waals surface area contributed by atoms with Crippen molar-refractivity contribution in [3.8, 4) is 0 Å². The van der Waals surface area contributed by atoms with Crippen molar-refractivity contribution in [3.05, 3.63) is 49.8 Å². The van der Waals surface area contributed by atoms with Gasteiger partial charge in [0.05, 0.1) is 21.2 Å². The minimum atomic E-state index is -0.393. The van der Waals surface area contributed by atoms with E-state index in [9.17, 15) is 10.1 Å². The monoisotopic (exact) mass is 358 g/mol. The summed E-state index contributed by atoms with van der Waals surface area (Å²) >= 11 is 2.17. The van der Waals surface area contributed by atoms with Gasteiger partial charge in [0.25, 0.3) is 5.69 Å². The second kappa shape index (κ2) is 5.34. The molecule has 0 bridgehead atoms. The van der Waals surface area contributed by atoms with Gasteiger partial charge in [0.15, 0.2) is 0 Å². The molecule has 0 atom stereocenters. The summed E-state index contributed by atoms with van der Waals surface area (Å²) in [5.41, 5.74) is 1.79. The normalized spacial score (nSPS) is 10.3. The van der Waals surface area contributed by atoms with Crippen LogP contribution in [0.4, 0.5) is 11.4 Å². The molecule has 0 amide bonds. The van der Waals surface area contributed by atoms with Gasteiger partial charge in [0.1, 0.15) is 0 Å². The third kappa shape index (κ3) is 2.78. The van der Waals surface area contributed by atoms with Crippen molar-refractivity contribution in [2.45, 2.75) is 6.54 Å². The van der Waals surface area contributed by atoms with E-state index in [1.165, 1.54) is 6.07 Å². The Morgan fingerprint density at radius 1 is 1.56 bits per heavy atom. The number of nitro groups is 1. The number of nitrogens with one attached hydrogen (secondary N) is 1. The maximum absolute atomic E-state index is 10.8. The summed E-state index contributed by atoms with van der Waals surface area (Å²) in [6.45, 7) is 0.501. The number of non-ortho nitro benzene ring substituents is 1. The minimum absolute atomic E-state index is 0.0888. The van der Waals surface area contributed by atoms with Gasteiger partial charge in [-0.15, -0.1) is 0 Å². The fourth-order valence-electron chi connectivity index (χ4n) is 1.67. The molecule has 2 aromatic rings. The molecule has 0 aliphatic heterocycles. The van der Waals surface area contributed by atoms with E-state index in [-0.39, 0.29) is 5.69 Å². The fraction of sp³-hybridized carbons (Fsp3) is 0.182. The average molecular weight is 358 g/mol. The highest BCUT2D eigenvalue weighted by Gasteiger charge is 2.10. The number of benzene rings is 1. The van der Waals surface area contributed by atoms with E-state index in [1.54, 1.807) is 30.1 Å². The van der Waals surface area contributed by atoms with E-state index in [1.807, 2.05) is 6.20 Å². The molecule has 2 rings (SSSR count).